The standard InChI is InChI=1S/C12H16ClNO4/c1-7(15)6-14-12(16)8-4-9(13)11(18-3)10(5-8)17-2/h4-5,7,15H,6H2,1-3H3,(H,14,16)/t7-/m1/s1. The lowest BCUT2D eigenvalue weighted by molar-refractivity contribution is 0.0923. The predicted octanol–water partition coefficient (Wildman–Crippen LogP) is 1.47. The topological polar surface area (TPSA) is 67.8 Å². The minimum Gasteiger partial charge on any atom is -0.493 e. The molecule has 2 N–H and O–H groups in total. The predicted molar refractivity (Wildman–Crippen MR) is 68.6 cm³/mol. The van der Waals surface area contributed by atoms with E-state index in [0.717, 1.165) is 0 Å². The van der Waals surface area contributed by atoms with E-state index >= 15 is 0 Å². The largest absolute Gasteiger partial charge is 0.493 e. The summed E-state index contributed by atoms with van der Waals surface area (Å²) >= 11 is 5.99. The highest BCUT2D eigenvalue weighted by atomic mass is 35.5. The van der Waals surface area contributed by atoms with Gasteiger partial charge in [0, 0.05) is 12.1 Å². The van der Waals surface area contributed by atoms with Crippen LogP contribution in [0.15, 0.2) is 12.1 Å². The summed E-state index contributed by atoms with van der Waals surface area (Å²) in [6.45, 7) is 1.76. The fourth-order valence-electron chi connectivity index (χ4n) is 1.39. The number of hydrogen-bond acceptors (Lipinski definition) is 4. The van der Waals surface area contributed by atoms with Gasteiger partial charge < -0.3 is 19.9 Å². The number of benzene rings is 1. The van der Waals surface area contributed by atoms with Crippen LogP contribution < -0.4 is 14.8 Å². The molecule has 0 bridgehead atoms. The maximum absolute atomic E-state index is 11.8. The maximum atomic E-state index is 11.8. The highest BCUT2D eigenvalue weighted by Gasteiger charge is 2.15. The highest BCUT2D eigenvalue weighted by Crippen LogP contribution is 2.35. The Labute approximate surface area is 111 Å². The molecule has 1 rings (SSSR count). The first-order valence-electron chi connectivity index (χ1n) is 5.37. The Morgan fingerprint density at radius 1 is 1.44 bits per heavy atom. The van der Waals surface area contributed by atoms with E-state index in [1.54, 1.807) is 6.92 Å². The van der Waals surface area contributed by atoms with Gasteiger partial charge in [0.25, 0.3) is 5.91 Å². The zero-order valence-corrected chi connectivity index (χ0v) is 11.2. The van der Waals surface area contributed by atoms with Gasteiger partial charge in [-0.15, -0.1) is 0 Å². The fourth-order valence-corrected chi connectivity index (χ4v) is 1.68. The molecule has 0 saturated heterocycles. The first-order chi connectivity index (χ1) is 8.49. The van der Waals surface area contributed by atoms with E-state index < -0.39 is 6.10 Å². The Balaban J connectivity index is 2.97. The molecule has 0 saturated carbocycles. The van der Waals surface area contributed by atoms with Gasteiger partial charge in [0.1, 0.15) is 0 Å². The summed E-state index contributed by atoms with van der Waals surface area (Å²) < 4.78 is 10.2. The van der Waals surface area contributed by atoms with Crippen LogP contribution in [0.3, 0.4) is 0 Å². The van der Waals surface area contributed by atoms with Crippen LogP contribution in [0.5, 0.6) is 11.5 Å². The van der Waals surface area contributed by atoms with Crippen molar-refractivity contribution in [3.63, 3.8) is 0 Å². The summed E-state index contributed by atoms with van der Waals surface area (Å²) in [7, 11) is 2.93. The van der Waals surface area contributed by atoms with Gasteiger partial charge in [-0.25, -0.2) is 0 Å². The number of carbonyl (C=O) groups is 1. The van der Waals surface area contributed by atoms with Crippen LogP contribution >= 0.6 is 11.6 Å². The molecular formula is C12H16ClNO4. The summed E-state index contributed by atoms with van der Waals surface area (Å²) in [6, 6.07) is 3.02. The van der Waals surface area contributed by atoms with Crippen LogP contribution in [0, 0.1) is 0 Å². The quantitative estimate of drug-likeness (QED) is 0.852. The van der Waals surface area contributed by atoms with E-state index in [1.165, 1.54) is 26.4 Å². The normalized spacial score (nSPS) is 11.8. The van der Waals surface area contributed by atoms with E-state index in [9.17, 15) is 4.79 Å². The number of rotatable bonds is 5. The summed E-state index contributed by atoms with van der Waals surface area (Å²) in [5.41, 5.74) is 0.346. The van der Waals surface area contributed by atoms with Crippen LogP contribution in [0.2, 0.25) is 5.02 Å². The van der Waals surface area contributed by atoms with Gasteiger partial charge in [0.2, 0.25) is 0 Å². The molecule has 0 heterocycles. The van der Waals surface area contributed by atoms with Crippen molar-refractivity contribution in [2.24, 2.45) is 0 Å². The Kier molecular flexibility index (Phi) is 5.25. The van der Waals surface area contributed by atoms with E-state index in [4.69, 9.17) is 26.2 Å². The van der Waals surface area contributed by atoms with Gasteiger partial charge in [-0.1, -0.05) is 11.6 Å². The van der Waals surface area contributed by atoms with Crippen LogP contribution in [-0.4, -0.2) is 37.9 Å². The molecule has 1 aromatic rings. The number of halogens is 1. The Morgan fingerprint density at radius 2 is 2.11 bits per heavy atom. The molecule has 0 unspecified atom stereocenters. The van der Waals surface area contributed by atoms with Crippen molar-refractivity contribution >= 4 is 17.5 Å². The highest BCUT2D eigenvalue weighted by molar-refractivity contribution is 6.32. The van der Waals surface area contributed by atoms with Gasteiger partial charge >= 0.3 is 0 Å². The molecular weight excluding hydrogens is 258 g/mol. The third kappa shape index (κ3) is 3.51. The van der Waals surface area contributed by atoms with Crippen LogP contribution in [-0.2, 0) is 0 Å². The van der Waals surface area contributed by atoms with Crippen LogP contribution in [0.4, 0.5) is 0 Å². The summed E-state index contributed by atoms with van der Waals surface area (Å²) in [6.07, 6.45) is -0.607. The molecule has 0 radical (unpaired) electrons. The van der Waals surface area contributed by atoms with Gasteiger partial charge in [-0.2, -0.15) is 0 Å². The number of amides is 1. The monoisotopic (exact) mass is 273 g/mol. The van der Waals surface area contributed by atoms with Gasteiger partial charge in [-0.05, 0) is 19.1 Å². The Bertz CT molecular complexity index is 434. The molecule has 0 spiro atoms. The molecule has 0 aromatic heterocycles. The minimum absolute atomic E-state index is 0.171. The van der Waals surface area contributed by atoms with Crippen molar-refractivity contribution in [1.82, 2.24) is 5.32 Å². The second-order valence-corrected chi connectivity index (χ2v) is 4.16. The first-order valence-corrected chi connectivity index (χ1v) is 5.75. The van der Waals surface area contributed by atoms with E-state index in [0.29, 0.717) is 22.1 Å². The third-order valence-corrected chi connectivity index (χ3v) is 2.53. The lowest BCUT2D eigenvalue weighted by atomic mass is 10.2. The number of ether oxygens (including phenoxy) is 2. The first kappa shape index (κ1) is 14.6. The zero-order chi connectivity index (χ0) is 13.7. The average molecular weight is 274 g/mol. The second kappa shape index (κ2) is 6.47. The van der Waals surface area contributed by atoms with Gasteiger partial charge in [-0.3, -0.25) is 4.79 Å². The summed E-state index contributed by atoms with van der Waals surface area (Å²) in [5.74, 6) is 0.428. The fraction of sp³-hybridized carbons (Fsp3) is 0.417. The second-order valence-electron chi connectivity index (χ2n) is 3.75. The number of methoxy groups -OCH3 is 2. The van der Waals surface area contributed by atoms with Gasteiger partial charge in [0.15, 0.2) is 11.5 Å². The summed E-state index contributed by atoms with van der Waals surface area (Å²) in [5, 5.41) is 12.0. The molecule has 1 aromatic carbocycles. The van der Waals surface area contributed by atoms with Crippen molar-refractivity contribution < 1.29 is 19.4 Å². The maximum Gasteiger partial charge on any atom is 0.251 e. The molecule has 5 nitrogen and oxygen atoms in total. The molecule has 0 fully saturated rings. The third-order valence-electron chi connectivity index (χ3n) is 2.25. The molecule has 1 atom stereocenters. The number of aliphatic hydroxyl groups is 1. The lowest BCUT2D eigenvalue weighted by Crippen LogP contribution is -2.30. The van der Waals surface area contributed by atoms with E-state index in [1.807, 2.05) is 0 Å². The molecule has 0 aliphatic carbocycles. The lowest BCUT2D eigenvalue weighted by Gasteiger charge is -2.12. The Hall–Kier alpha value is -1.46. The summed E-state index contributed by atoms with van der Waals surface area (Å²) in [4.78, 5) is 11.8. The number of aliphatic hydroxyl groups excluding tert-OH is 1. The zero-order valence-electron chi connectivity index (χ0n) is 10.5. The van der Waals surface area contributed by atoms with Crippen molar-refractivity contribution in [2.75, 3.05) is 20.8 Å². The number of carbonyl (C=O) groups excluding carboxylic acids is 1. The minimum atomic E-state index is -0.607. The Morgan fingerprint density at radius 3 is 2.61 bits per heavy atom. The van der Waals surface area contributed by atoms with Crippen molar-refractivity contribution in [3.8, 4) is 11.5 Å². The molecule has 0 aliphatic heterocycles. The van der Waals surface area contributed by atoms with Crippen molar-refractivity contribution in [1.29, 1.82) is 0 Å². The number of nitrogens with one attached hydrogen (secondary N) is 1. The smallest absolute Gasteiger partial charge is 0.251 e. The molecule has 6 heteroatoms. The van der Waals surface area contributed by atoms with Crippen molar-refractivity contribution in [2.45, 2.75) is 13.0 Å². The number of hydrogen-bond donors (Lipinski definition) is 2. The molecule has 100 valence electrons. The molecule has 1 amide bonds. The van der Waals surface area contributed by atoms with E-state index in [-0.39, 0.29) is 12.5 Å². The van der Waals surface area contributed by atoms with E-state index in [2.05, 4.69) is 5.32 Å². The van der Waals surface area contributed by atoms with Crippen LogP contribution in [0.1, 0.15) is 17.3 Å². The van der Waals surface area contributed by atoms with Gasteiger partial charge in [0.05, 0.1) is 25.3 Å². The van der Waals surface area contributed by atoms with Crippen molar-refractivity contribution in [3.05, 3.63) is 22.7 Å². The van der Waals surface area contributed by atoms with Crippen LogP contribution in [0.25, 0.3) is 0 Å². The SMILES string of the molecule is COc1cc(C(=O)NC[C@@H](C)O)cc(Cl)c1OC. The molecule has 0 aliphatic rings. The average Bonchev–Trinajstić information content (AvgIpc) is 2.34. The molecule has 18 heavy (non-hydrogen) atoms.